The number of carbonyl (C=O) groups excluding carboxylic acids is 1. The topological polar surface area (TPSA) is 93.9 Å². The van der Waals surface area contributed by atoms with Crippen LogP contribution < -0.4 is 5.32 Å². The fourth-order valence-electron chi connectivity index (χ4n) is 3.85. The van der Waals surface area contributed by atoms with Crippen LogP contribution in [0.4, 0.5) is 5.69 Å². The highest BCUT2D eigenvalue weighted by Gasteiger charge is 2.26. The number of benzene rings is 3. The van der Waals surface area contributed by atoms with E-state index in [4.69, 9.17) is 0 Å². The van der Waals surface area contributed by atoms with Gasteiger partial charge in [-0.1, -0.05) is 73.3 Å². The van der Waals surface area contributed by atoms with Gasteiger partial charge >= 0.3 is 0 Å². The first kappa shape index (κ1) is 25.7. The molecule has 0 spiro atoms. The zero-order valence-electron chi connectivity index (χ0n) is 20.4. The summed E-state index contributed by atoms with van der Waals surface area (Å²) < 4.78 is 27.9. The number of carbonyl (C=O) groups is 1. The van der Waals surface area contributed by atoms with Crippen LogP contribution in [0.15, 0.2) is 88.9 Å². The van der Waals surface area contributed by atoms with Gasteiger partial charge in [0.15, 0.2) is 20.8 Å². The van der Waals surface area contributed by atoms with Crippen LogP contribution in [0.25, 0.3) is 5.69 Å². The van der Waals surface area contributed by atoms with Gasteiger partial charge in [-0.2, -0.15) is 0 Å². The maximum atomic E-state index is 13.2. The molecule has 36 heavy (non-hydrogen) atoms. The van der Waals surface area contributed by atoms with Gasteiger partial charge in [-0.3, -0.25) is 9.36 Å². The van der Waals surface area contributed by atoms with Crippen molar-refractivity contribution in [3.8, 4) is 5.69 Å². The van der Waals surface area contributed by atoms with Gasteiger partial charge in [0, 0.05) is 11.4 Å². The molecule has 1 N–H and O–H groups in total. The number of nitrogens with one attached hydrogen (secondary N) is 1. The van der Waals surface area contributed by atoms with Crippen LogP contribution in [0.2, 0.25) is 0 Å². The van der Waals surface area contributed by atoms with Gasteiger partial charge in [0.05, 0.1) is 10.1 Å². The van der Waals surface area contributed by atoms with Gasteiger partial charge in [-0.25, -0.2) is 8.42 Å². The van der Waals surface area contributed by atoms with Crippen molar-refractivity contribution >= 4 is 33.2 Å². The molecule has 0 saturated carbocycles. The zero-order chi connectivity index (χ0) is 25.7. The first-order valence-electron chi connectivity index (χ1n) is 11.6. The van der Waals surface area contributed by atoms with Crippen molar-refractivity contribution in [3.05, 3.63) is 95.8 Å². The fourth-order valence-corrected chi connectivity index (χ4v) is 6.11. The summed E-state index contributed by atoms with van der Waals surface area (Å²) in [4.78, 5) is 13.5. The van der Waals surface area contributed by atoms with Gasteiger partial charge in [0.1, 0.15) is 5.75 Å². The first-order chi connectivity index (χ1) is 17.3. The summed E-state index contributed by atoms with van der Waals surface area (Å²) in [7, 11) is -3.64. The second kappa shape index (κ2) is 11.1. The van der Waals surface area contributed by atoms with E-state index in [9.17, 15) is 13.2 Å². The molecule has 0 aliphatic heterocycles. The third-order valence-corrected chi connectivity index (χ3v) is 8.71. The Balaban J connectivity index is 1.66. The van der Waals surface area contributed by atoms with E-state index in [2.05, 4.69) is 15.5 Å². The first-order valence-corrected chi connectivity index (χ1v) is 14.1. The molecule has 0 saturated heterocycles. The molecule has 4 rings (SSSR count). The molecule has 7 nitrogen and oxygen atoms in total. The Kier molecular flexibility index (Phi) is 7.91. The molecule has 1 unspecified atom stereocenters. The highest BCUT2D eigenvalue weighted by molar-refractivity contribution is 8.00. The number of hydrogen-bond donors (Lipinski definition) is 1. The summed E-state index contributed by atoms with van der Waals surface area (Å²) in [5.74, 6) is -0.163. The number of para-hydroxylation sites is 2. The van der Waals surface area contributed by atoms with Crippen molar-refractivity contribution in [1.82, 2.24) is 14.8 Å². The van der Waals surface area contributed by atoms with E-state index in [-0.39, 0.29) is 22.4 Å². The Morgan fingerprint density at radius 1 is 0.917 bits per heavy atom. The molecule has 0 aliphatic rings. The highest BCUT2D eigenvalue weighted by Crippen LogP contribution is 2.30. The van der Waals surface area contributed by atoms with Crippen LogP contribution in [0.1, 0.15) is 30.3 Å². The number of sulfone groups is 1. The quantitative estimate of drug-likeness (QED) is 0.298. The molecule has 0 bridgehead atoms. The number of nitrogens with zero attached hydrogens (tertiary/aromatic N) is 3. The lowest BCUT2D eigenvalue weighted by Crippen LogP contribution is -2.26. The summed E-state index contributed by atoms with van der Waals surface area (Å²) >= 11 is 1.27. The van der Waals surface area contributed by atoms with Crippen LogP contribution in [-0.2, 0) is 20.4 Å². The molecule has 3 aromatic carbocycles. The lowest BCUT2D eigenvalue weighted by Gasteiger charge is -2.18. The molecule has 1 atom stereocenters. The van der Waals surface area contributed by atoms with Gasteiger partial charge in [-0.05, 0) is 55.7 Å². The number of aromatic nitrogens is 3. The predicted molar refractivity (Wildman–Crippen MR) is 143 cm³/mol. The Bertz CT molecular complexity index is 1430. The third kappa shape index (κ3) is 5.68. The molecule has 0 aliphatic carbocycles. The zero-order valence-corrected chi connectivity index (χ0v) is 22.0. The summed E-state index contributed by atoms with van der Waals surface area (Å²) in [6.45, 7) is 5.86. The number of rotatable bonds is 9. The lowest BCUT2D eigenvalue weighted by molar-refractivity contribution is -0.115. The maximum Gasteiger partial charge on any atom is 0.237 e. The number of aryl methyl sites for hydroxylation is 2. The molecular formula is C27H28N4O3S2. The molecule has 1 aromatic heterocycles. The monoisotopic (exact) mass is 520 g/mol. The standard InChI is InChI=1S/C27H28N4O3S2/c1-4-23(26(32)28-25-19(2)12-11-13-20(25)3)35-27-30-29-24(31(27)21-14-7-5-8-15-21)18-36(33,34)22-16-9-6-10-17-22/h5-17,23H,4,18H2,1-3H3,(H,28,32). The number of anilines is 1. The van der Waals surface area contributed by atoms with Crippen molar-refractivity contribution in [3.63, 3.8) is 0 Å². The molecule has 1 amide bonds. The van der Waals surface area contributed by atoms with Crippen LogP contribution in [0, 0.1) is 13.8 Å². The SMILES string of the molecule is CCC(Sc1nnc(CS(=O)(=O)c2ccccc2)n1-c1ccccc1)C(=O)Nc1c(C)cccc1C. The summed E-state index contributed by atoms with van der Waals surface area (Å²) in [5, 5.41) is 11.6. The van der Waals surface area contributed by atoms with Crippen molar-refractivity contribution in [2.75, 3.05) is 5.32 Å². The minimum Gasteiger partial charge on any atom is -0.325 e. The van der Waals surface area contributed by atoms with Crippen LogP contribution in [0.3, 0.4) is 0 Å². The molecule has 9 heteroatoms. The van der Waals surface area contributed by atoms with Crippen molar-refractivity contribution < 1.29 is 13.2 Å². The molecule has 0 radical (unpaired) electrons. The highest BCUT2D eigenvalue weighted by atomic mass is 32.2. The second-order valence-electron chi connectivity index (χ2n) is 8.41. The van der Waals surface area contributed by atoms with Crippen LogP contribution >= 0.6 is 11.8 Å². The van der Waals surface area contributed by atoms with Gasteiger partial charge in [0.2, 0.25) is 5.91 Å². The largest absolute Gasteiger partial charge is 0.325 e. The van der Waals surface area contributed by atoms with E-state index in [0.717, 1.165) is 22.5 Å². The van der Waals surface area contributed by atoms with Crippen LogP contribution in [-0.4, -0.2) is 34.3 Å². The Hall–Kier alpha value is -3.43. The Labute approximate surface area is 215 Å². The smallest absolute Gasteiger partial charge is 0.237 e. The predicted octanol–water partition coefficient (Wildman–Crippen LogP) is 5.37. The van der Waals surface area contributed by atoms with E-state index < -0.39 is 15.1 Å². The summed E-state index contributed by atoms with van der Waals surface area (Å²) in [5.41, 5.74) is 3.52. The average molecular weight is 521 g/mol. The second-order valence-corrected chi connectivity index (χ2v) is 11.6. The van der Waals surface area contributed by atoms with Gasteiger partial charge in [-0.15, -0.1) is 10.2 Å². The van der Waals surface area contributed by atoms with E-state index in [1.165, 1.54) is 11.8 Å². The molecular weight excluding hydrogens is 492 g/mol. The van der Waals surface area contributed by atoms with Gasteiger partial charge < -0.3 is 5.32 Å². The normalized spacial score (nSPS) is 12.3. The van der Waals surface area contributed by atoms with Crippen molar-refractivity contribution in [1.29, 1.82) is 0 Å². The fraction of sp³-hybridized carbons (Fsp3) is 0.222. The Morgan fingerprint density at radius 2 is 1.53 bits per heavy atom. The minimum atomic E-state index is -3.64. The van der Waals surface area contributed by atoms with E-state index in [0.29, 0.717) is 11.6 Å². The van der Waals surface area contributed by atoms with Crippen LogP contribution in [0.5, 0.6) is 0 Å². The maximum absolute atomic E-state index is 13.2. The molecule has 186 valence electrons. The average Bonchev–Trinajstić information content (AvgIpc) is 3.27. The summed E-state index contributed by atoms with van der Waals surface area (Å²) in [6.07, 6.45) is 0.556. The molecule has 0 fully saturated rings. The van der Waals surface area contributed by atoms with E-state index in [1.54, 1.807) is 34.9 Å². The van der Waals surface area contributed by atoms with Crippen molar-refractivity contribution in [2.45, 2.75) is 48.2 Å². The van der Waals surface area contributed by atoms with Crippen molar-refractivity contribution in [2.24, 2.45) is 0 Å². The lowest BCUT2D eigenvalue weighted by atomic mass is 10.1. The molecule has 4 aromatic rings. The number of hydrogen-bond acceptors (Lipinski definition) is 6. The minimum absolute atomic E-state index is 0.138. The van der Waals surface area contributed by atoms with E-state index in [1.807, 2.05) is 69.3 Å². The Morgan fingerprint density at radius 3 is 2.14 bits per heavy atom. The van der Waals surface area contributed by atoms with E-state index >= 15 is 0 Å². The molecule has 1 heterocycles. The van der Waals surface area contributed by atoms with Gasteiger partial charge in [0.25, 0.3) is 0 Å². The third-order valence-electron chi connectivity index (χ3n) is 5.78. The summed E-state index contributed by atoms with van der Waals surface area (Å²) in [6, 6.07) is 23.5. The number of amides is 1. The number of thioether (sulfide) groups is 1.